The van der Waals surface area contributed by atoms with Crippen molar-refractivity contribution in [3.63, 3.8) is 0 Å². The van der Waals surface area contributed by atoms with Crippen LogP contribution in [-0.4, -0.2) is 21.8 Å². The Balaban J connectivity index is 2.03. The Labute approximate surface area is 114 Å². The molecule has 1 amide bonds. The van der Waals surface area contributed by atoms with Crippen molar-refractivity contribution < 1.29 is 14.3 Å². The Bertz CT molecular complexity index is 654. The van der Waals surface area contributed by atoms with E-state index in [1.54, 1.807) is 24.4 Å². The number of primary amides is 1. The Kier molecular flexibility index (Phi) is 4.18. The van der Waals surface area contributed by atoms with Crippen LogP contribution in [0.4, 0.5) is 0 Å². The van der Waals surface area contributed by atoms with Crippen molar-refractivity contribution in [2.75, 3.05) is 0 Å². The van der Waals surface area contributed by atoms with Gasteiger partial charge in [0.2, 0.25) is 5.91 Å². The van der Waals surface area contributed by atoms with Crippen LogP contribution in [0.25, 0.3) is 6.08 Å². The number of esters is 1. The van der Waals surface area contributed by atoms with E-state index < -0.39 is 11.9 Å². The zero-order valence-electron chi connectivity index (χ0n) is 10.4. The lowest BCUT2D eigenvalue weighted by molar-refractivity contribution is -0.128. The number of rotatable bonds is 4. The van der Waals surface area contributed by atoms with E-state index in [1.807, 2.05) is 0 Å². The second kappa shape index (κ2) is 6.24. The van der Waals surface area contributed by atoms with Gasteiger partial charge in [0.05, 0.1) is 5.69 Å². The highest BCUT2D eigenvalue weighted by atomic mass is 16.5. The molecule has 0 aliphatic carbocycles. The number of carbonyl (C=O) groups is 2. The fraction of sp³-hybridized carbons (Fsp3) is 0. The summed E-state index contributed by atoms with van der Waals surface area (Å²) in [6, 6.07) is 7.73. The lowest BCUT2D eigenvalue weighted by atomic mass is 10.2. The maximum Gasteiger partial charge on any atom is 0.336 e. The topological polar surface area (TPSA) is 95.2 Å². The molecule has 1 heterocycles. The van der Waals surface area contributed by atoms with Crippen molar-refractivity contribution in [1.82, 2.24) is 9.97 Å². The molecule has 0 saturated heterocycles. The van der Waals surface area contributed by atoms with Gasteiger partial charge in [-0.3, -0.25) is 4.79 Å². The first-order chi connectivity index (χ1) is 9.65. The first-order valence-electron chi connectivity index (χ1n) is 5.71. The number of benzene rings is 1. The third kappa shape index (κ3) is 3.74. The van der Waals surface area contributed by atoms with Crippen molar-refractivity contribution >= 4 is 18.0 Å². The quantitative estimate of drug-likeness (QED) is 0.511. The highest BCUT2D eigenvalue weighted by Crippen LogP contribution is 2.13. The second-order valence-electron chi connectivity index (χ2n) is 3.78. The van der Waals surface area contributed by atoms with E-state index in [4.69, 9.17) is 10.5 Å². The van der Waals surface area contributed by atoms with Crippen LogP contribution in [0, 0.1) is 0 Å². The summed E-state index contributed by atoms with van der Waals surface area (Å²) < 4.78 is 5.05. The average Bonchev–Trinajstić information content (AvgIpc) is 2.46. The molecule has 0 aliphatic rings. The van der Waals surface area contributed by atoms with Gasteiger partial charge in [-0.1, -0.05) is 6.07 Å². The van der Waals surface area contributed by atoms with Gasteiger partial charge < -0.3 is 10.5 Å². The summed E-state index contributed by atoms with van der Waals surface area (Å²) >= 11 is 0. The number of hydrogen-bond donors (Lipinski definition) is 1. The van der Waals surface area contributed by atoms with Crippen LogP contribution in [0.5, 0.6) is 5.75 Å². The number of carbonyl (C=O) groups excluding carboxylic acids is 2. The molecule has 6 nitrogen and oxygen atoms in total. The van der Waals surface area contributed by atoms with Crippen LogP contribution in [0.3, 0.4) is 0 Å². The van der Waals surface area contributed by atoms with Crippen LogP contribution in [0.15, 0.2) is 48.9 Å². The molecule has 1 aromatic carbocycles. The monoisotopic (exact) mass is 269 g/mol. The molecule has 0 fully saturated rings. The molecule has 0 atom stereocenters. The van der Waals surface area contributed by atoms with Gasteiger partial charge in [-0.25, -0.2) is 14.8 Å². The molecule has 2 aromatic rings. The van der Waals surface area contributed by atoms with Gasteiger partial charge in [0.1, 0.15) is 12.1 Å². The number of nitrogens with two attached hydrogens (primary N) is 1. The molecule has 0 unspecified atom stereocenters. The fourth-order valence-electron chi connectivity index (χ4n) is 1.42. The number of nitrogens with zero attached hydrogens (tertiary/aromatic N) is 2. The number of ether oxygens (including phenoxy) is 1. The molecule has 6 heteroatoms. The minimum Gasteiger partial charge on any atom is -0.423 e. The third-order valence-corrected chi connectivity index (χ3v) is 2.33. The normalized spacial score (nSPS) is 10.4. The Hall–Kier alpha value is -3.02. The lowest BCUT2D eigenvalue weighted by Gasteiger charge is -2.02. The zero-order chi connectivity index (χ0) is 14.4. The van der Waals surface area contributed by atoms with Gasteiger partial charge in [-0.05, 0) is 30.3 Å². The molecule has 100 valence electrons. The highest BCUT2D eigenvalue weighted by Gasteiger charge is 2.04. The summed E-state index contributed by atoms with van der Waals surface area (Å²) in [5.74, 6) is -0.914. The minimum atomic E-state index is -0.584. The molecule has 0 radical (unpaired) electrons. The maximum atomic E-state index is 11.6. The SMILES string of the molecule is NC(=O)c1cccc(OC(=O)C=Cc2ccncn2)c1. The summed E-state index contributed by atoms with van der Waals surface area (Å²) in [6.07, 6.45) is 5.68. The second-order valence-corrected chi connectivity index (χ2v) is 3.78. The molecule has 2 N–H and O–H groups in total. The maximum absolute atomic E-state index is 11.6. The first kappa shape index (κ1) is 13.4. The summed E-state index contributed by atoms with van der Waals surface area (Å²) in [7, 11) is 0. The van der Waals surface area contributed by atoms with Gasteiger partial charge in [-0.2, -0.15) is 0 Å². The summed E-state index contributed by atoms with van der Waals surface area (Å²) in [4.78, 5) is 30.3. The molecule has 20 heavy (non-hydrogen) atoms. The lowest BCUT2D eigenvalue weighted by Crippen LogP contribution is -2.11. The van der Waals surface area contributed by atoms with Gasteiger partial charge in [0, 0.05) is 17.8 Å². The Morgan fingerprint density at radius 1 is 1.25 bits per heavy atom. The van der Waals surface area contributed by atoms with Crippen molar-refractivity contribution in [1.29, 1.82) is 0 Å². The molecule has 0 spiro atoms. The predicted molar refractivity (Wildman–Crippen MR) is 71.7 cm³/mol. The highest BCUT2D eigenvalue weighted by molar-refractivity contribution is 5.93. The molecule has 0 bridgehead atoms. The molecular weight excluding hydrogens is 258 g/mol. The standard InChI is InChI=1S/C14H11N3O3/c15-14(19)10-2-1-3-12(8-10)20-13(18)5-4-11-6-7-16-9-17-11/h1-9H,(H2,15,19). The summed E-state index contributed by atoms with van der Waals surface area (Å²) in [6.45, 7) is 0. The van der Waals surface area contributed by atoms with Crippen molar-refractivity contribution in [3.05, 3.63) is 60.2 Å². The number of aromatic nitrogens is 2. The smallest absolute Gasteiger partial charge is 0.336 e. The van der Waals surface area contributed by atoms with E-state index in [1.165, 1.54) is 30.6 Å². The van der Waals surface area contributed by atoms with Gasteiger partial charge in [-0.15, -0.1) is 0 Å². The van der Waals surface area contributed by atoms with Gasteiger partial charge in [0.15, 0.2) is 0 Å². The number of hydrogen-bond acceptors (Lipinski definition) is 5. The largest absolute Gasteiger partial charge is 0.423 e. The number of amides is 1. The Morgan fingerprint density at radius 2 is 2.10 bits per heavy atom. The van der Waals surface area contributed by atoms with E-state index in [9.17, 15) is 9.59 Å². The fourth-order valence-corrected chi connectivity index (χ4v) is 1.42. The summed E-state index contributed by atoms with van der Waals surface area (Å²) in [5.41, 5.74) is 6.00. The van der Waals surface area contributed by atoms with E-state index in [-0.39, 0.29) is 11.3 Å². The average molecular weight is 269 g/mol. The van der Waals surface area contributed by atoms with Crippen LogP contribution in [0.1, 0.15) is 16.1 Å². The van der Waals surface area contributed by atoms with Gasteiger partial charge in [0.25, 0.3) is 0 Å². The van der Waals surface area contributed by atoms with Crippen molar-refractivity contribution in [3.8, 4) is 5.75 Å². The molecule has 0 aliphatic heterocycles. The van der Waals surface area contributed by atoms with Crippen LogP contribution in [0.2, 0.25) is 0 Å². The minimum absolute atomic E-state index is 0.249. The van der Waals surface area contributed by atoms with E-state index >= 15 is 0 Å². The first-order valence-corrected chi connectivity index (χ1v) is 5.71. The van der Waals surface area contributed by atoms with Crippen LogP contribution >= 0.6 is 0 Å². The molecule has 1 aromatic heterocycles. The molecule has 0 saturated carbocycles. The van der Waals surface area contributed by atoms with Crippen molar-refractivity contribution in [2.45, 2.75) is 0 Å². The zero-order valence-corrected chi connectivity index (χ0v) is 10.4. The van der Waals surface area contributed by atoms with E-state index in [2.05, 4.69) is 9.97 Å². The molecule has 2 rings (SSSR count). The third-order valence-electron chi connectivity index (χ3n) is 2.33. The van der Waals surface area contributed by atoms with Crippen LogP contribution < -0.4 is 10.5 Å². The van der Waals surface area contributed by atoms with Crippen LogP contribution in [-0.2, 0) is 4.79 Å². The molecular formula is C14H11N3O3. The van der Waals surface area contributed by atoms with E-state index in [0.29, 0.717) is 5.69 Å². The summed E-state index contributed by atoms with van der Waals surface area (Å²) in [5, 5.41) is 0. The predicted octanol–water partition coefficient (Wildman–Crippen LogP) is 1.19. The van der Waals surface area contributed by atoms with Gasteiger partial charge >= 0.3 is 5.97 Å². The van der Waals surface area contributed by atoms with E-state index in [0.717, 1.165) is 0 Å². The van der Waals surface area contributed by atoms with Crippen molar-refractivity contribution in [2.24, 2.45) is 5.73 Å². The Morgan fingerprint density at radius 3 is 2.80 bits per heavy atom.